The smallest absolute Gasteiger partial charge is 0.422 e. The third-order valence-corrected chi connectivity index (χ3v) is 3.95. The number of halogens is 3. The fourth-order valence-electron chi connectivity index (χ4n) is 2.55. The van der Waals surface area contributed by atoms with Crippen molar-refractivity contribution >= 4 is 0 Å². The van der Waals surface area contributed by atoms with E-state index in [0.717, 1.165) is 0 Å². The molecule has 0 spiro atoms. The standard InChI is InChI=1S/C20H20F3N3O4/c1-28-16-9-5-15(6-10-16)26-18(24-19(25-26)30-13-20(21,22)23)14-3-7-17(8-4-14)29-12-2-11-27/h3-10,27H,2,11-13H2,1H3. The number of rotatable bonds is 9. The molecule has 0 saturated heterocycles. The van der Waals surface area contributed by atoms with Gasteiger partial charge < -0.3 is 19.3 Å². The summed E-state index contributed by atoms with van der Waals surface area (Å²) in [5.74, 6) is 1.52. The first kappa shape index (κ1) is 21.4. The lowest BCUT2D eigenvalue weighted by molar-refractivity contribution is -0.154. The van der Waals surface area contributed by atoms with Gasteiger partial charge in [0.15, 0.2) is 12.4 Å². The van der Waals surface area contributed by atoms with Gasteiger partial charge in [-0.3, -0.25) is 0 Å². The number of aliphatic hydroxyl groups is 1. The van der Waals surface area contributed by atoms with Crippen LogP contribution in [-0.2, 0) is 0 Å². The number of nitrogens with zero attached hydrogens (tertiary/aromatic N) is 3. The van der Waals surface area contributed by atoms with Crippen LogP contribution in [0.4, 0.5) is 13.2 Å². The lowest BCUT2D eigenvalue weighted by Crippen LogP contribution is -2.19. The van der Waals surface area contributed by atoms with E-state index >= 15 is 0 Å². The Labute approximate surface area is 170 Å². The van der Waals surface area contributed by atoms with Crippen LogP contribution in [-0.4, -0.2) is 53.0 Å². The number of aliphatic hydroxyl groups excluding tert-OH is 1. The quantitative estimate of drug-likeness (QED) is 0.530. The molecule has 0 saturated carbocycles. The Balaban J connectivity index is 1.91. The van der Waals surface area contributed by atoms with E-state index in [1.807, 2.05) is 0 Å². The van der Waals surface area contributed by atoms with Crippen LogP contribution in [0.5, 0.6) is 17.5 Å². The molecule has 1 N–H and O–H groups in total. The number of hydrogen-bond donors (Lipinski definition) is 1. The average molecular weight is 423 g/mol. The number of aromatic nitrogens is 3. The summed E-state index contributed by atoms with van der Waals surface area (Å²) in [6.45, 7) is -1.09. The van der Waals surface area contributed by atoms with Gasteiger partial charge in [-0.05, 0) is 48.5 Å². The van der Waals surface area contributed by atoms with Crippen molar-refractivity contribution in [1.82, 2.24) is 14.8 Å². The zero-order chi connectivity index (χ0) is 21.6. The van der Waals surface area contributed by atoms with Gasteiger partial charge in [0.05, 0.1) is 19.4 Å². The SMILES string of the molecule is COc1ccc(-n2nc(OCC(F)(F)F)nc2-c2ccc(OCCCO)cc2)cc1. The first-order valence-electron chi connectivity index (χ1n) is 9.05. The third kappa shape index (κ3) is 5.63. The van der Waals surface area contributed by atoms with Crippen molar-refractivity contribution in [3.05, 3.63) is 48.5 Å². The van der Waals surface area contributed by atoms with Crippen LogP contribution in [0.15, 0.2) is 48.5 Å². The number of methoxy groups -OCH3 is 1. The number of ether oxygens (including phenoxy) is 3. The summed E-state index contributed by atoms with van der Waals surface area (Å²) in [5, 5.41) is 12.9. The van der Waals surface area contributed by atoms with E-state index in [2.05, 4.69) is 10.1 Å². The highest BCUT2D eigenvalue weighted by molar-refractivity contribution is 5.59. The molecule has 0 radical (unpaired) electrons. The Bertz CT molecular complexity index is 941. The first-order valence-corrected chi connectivity index (χ1v) is 9.05. The van der Waals surface area contributed by atoms with Crippen LogP contribution in [0.3, 0.4) is 0 Å². The maximum Gasteiger partial charge on any atom is 0.422 e. The largest absolute Gasteiger partial charge is 0.497 e. The predicted molar refractivity (Wildman–Crippen MR) is 102 cm³/mol. The molecule has 0 aliphatic carbocycles. The Morgan fingerprint density at radius 1 is 0.967 bits per heavy atom. The fraction of sp³-hybridized carbons (Fsp3) is 0.300. The maximum atomic E-state index is 12.5. The second-order valence-electron chi connectivity index (χ2n) is 6.18. The molecule has 10 heteroatoms. The van der Waals surface area contributed by atoms with Gasteiger partial charge in [0.2, 0.25) is 0 Å². The van der Waals surface area contributed by atoms with E-state index < -0.39 is 12.8 Å². The van der Waals surface area contributed by atoms with Gasteiger partial charge >= 0.3 is 12.2 Å². The Kier molecular flexibility index (Phi) is 6.78. The predicted octanol–water partition coefficient (Wildman–Crippen LogP) is 3.65. The van der Waals surface area contributed by atoms with Crippen LogP contribution in [0.2, 0.25) is 0 Å². The second-order valence-corrected chi connectivity index (χ2v) is 6.18. The van der Waals surface area contributed by atoms with Gasteiger partial charge in [0, 0.05) is 18.6 Å². The van der Waals surface area contributed by atoms with Crippen molar-refractivity contribution in [3.8, 4) is 34.6 Å². The Hall–Kier alpha value is -3.27. The molecule has 30 heavy (non-hydrogen) atoms. The highest BCUT2D eigenvalue weighted by Gasteiger charge is 2.29. The van der Waals surface area contributed by atoms with Gasteiger partial charge in [-0.25, -0.2) is 4.68 Å². The summed E-state index contributed by atoms with van der Waals surface area (Å²) in [4.78, 5) is 4.13. The Morgan fingerprint density at radius 3 is 2.23 bits per heavy atom. The van der Waals surface area contributed by atoms with Crippen molar-refractivity contribution in [1.29, 1.82) is 0 Å². The highest BCUT2D eigenvalue weighted by atomic mass is 19.4. The zero-order valence-corrected chi connectivity index (χ0v) is 16.1. The molecule has 0 atom stereocenters. The highest BCUT2D eigenvalue weighted by Crippen LogP contribution is 2.27. The summed E-state index contributed by atoms with van der Waals surface area (Å²) in [6, 6.07) is 13.3. The molecule has 160 valence electrons. The summed E-state index contributed by atoms with van der Waals surface area (Å²) in [6.07, 6.45) is -3.99. The monoisotopic (exact) mass is 423 g/mol. The summed E-state index contributed by atoms with van der Waals surface area (Å²) >= 11 is 0. The first-order chi connectivity index (χ1) is 14.4. The van der Waals surface area contributed by atoms with E-state index in [0.29, 0.717) is 41.6 Å². The molecule has 1 heterocycles. The number of alkyl halides is 3. The third-order valence-electron chi connectivity index (χ3n) is 3.95. The normalized spacial score (nSPS) is 11.4. The van der Waals surface area contributed by atoms with Crippen LogP contribution < -0.4 is 14.2 Å². The molecule has 3 rings (SSSR count). The van der Waals surface area contributed by atoms with Gasteiger partial charge in [0.1, 0.15) is 11.5 Å². The fourth-order valence-corrected chi connectivity index (χ4v) is 2.55. The summed E-state index contributed by atoms with van der Waals surface area (Å²) in [5.41, 5.74) is 1.18. The Morgan fingerprint density at radius 2 is 1.63 bits per heavy atom. The maximum absolute atomic E-state index is 12.5. The van der Waals surface area contributed by atoms with Crippen molar-refractivity contribution in [3.63, 3.8) is 0 Å². The average Bonchev–Trinajstić information content (AvgIpc) is 3.17. The van der Waals surface area contributed by atoms with E-state index in [9.17, 15) is 13.2 Å². The molecule has 0 amide bonds. The van der Waals surface area contributed by atoms with Crippen LogP contribution >= 0.6 is 0 Å². The molecular weight excluding hydrogens is 403 g/mol. The lowest BCUT2D eigenvalue weighted by Gasteiger charge is -2.08. The van der Waals surface area contributed by atoms with Crippen molar-refractivity contribution < 1.29 is 32.5 Å². The molecule has 7 nitrogen and oxygen atoms in total. The topological polar surface area (TPSA) is 78.6 Å². The van der Waals surface area contributed by atoms with Crippen molar-refractivity contribution in [2.45, 2.75) is 12.6 Å². The van der Waals surface area contributed by atoms with E-state index in [1.165, 1.54) is 11.8 Å². The minimum Gasteiger partial charge on any atom is -0.497 e. The molecule has 0 aliphatic rings. The molecule has 0 unspecified atom stereocenters. The zero-order valence-electron chi connectivity index (χ0n) is 16.1. The minimum absolute atomic E-state index is 0.0315. The van der Waals surface area contributed by atoms with Crippen LogP contribution in [0.25, 0.3) is 17.1 Å². The summed E-state index contributed by atoms with van der Waals surface area (Å²) in [7, 11) is 1.53. The molecule has 0 bridgehead atoms. The van der Waals surface area contributed by atoms with Gasteiger partial charge in [0.25, 0.3) is 0 Å². The minimum atomic E-state index is -4.50. The molecule has 0 fully saturated rings. The van der Waals surface area contributed by atoms with Gasteiger partial charge in [-0.1, -0.05) is 0 Å². The van der Waals surface area contributed by atoms with E-state index in [4.69, 9.17) is 19.3 Å². The molecule has 3 aromatic rings. The molecule has 0 aliphatic heterocycles. The van der Waals surface area contributed by atoms with Crippen molar-refractivity contribution in [2.75, 3.05) is 26.9 Å². The van der Waals surface area contributed by atoms with E-state index in [-0.39, 0.29) is 12.6 Å². The lowest BCUT2D eigenvalue weighted by atomic mass is 10.2. The van der Waals surface area contributed by atoms with Crippen LogP contribution in [0, 0.1) is 0 Å². The molecular formula is C20H20F3N3O4. The second kappa shape index (κ2) is 9.49. The van der Waals surface area contributed by atoms with Crippen LogP contribution in [0.1, 0.15) is 6.42 Å². The summed E-state index contributed by atoms with van der Waals surface area (Å²) < 4.78 is 54.3. The van der Waals surface area contributed by atoms with Gasteiger partial charge in [-0.2, -0.15) is 18.2 Å². The molecule has 1 aromatic heterocycles. The number of hydrogen-bond acceptors (Lipinski definition) is 6. The van der Waals surface area contributed by atoms with Crippen molar-refractivity contribution in [2.24, 2.45) is 0 Å². The van der Waals surface area contributed by atoms with Gasteiger partial charge in [-0.15, -0.1) is 5.10 Å². The molecule has 2 aromatic carbocycles. The van der Waals surface area contributed by atoms with E-state index in [1.54, 1.807) is 48.5 Å². The number of benzene rings is 2.